The van der Waals surface area contributed by atoms with Gasteiger partial charge in [0, 0.05) is 31.2 Å². The first-order valence-corrected chi connectivity index (χ1v) is 9.69. The van der Waals surface area contributed by atoms with Gasteiger partial charge in [0.05, 0.1) is 13.2 Å². The largest absolute Gasteiger partial charge is 0.379 e. The van der Waals surface area contributed by atoms with Gasteiger partial charge in [-0.2, -0.15) is 0 Å². The number of amides is 2. The molecular weight excluding hydrogens is 342 g/mol. The van der Waals surface area contributed by atoms with Gasteiger partial charge in [-0.25, -0.2) is 0 Å². The minimum absolute atomic E-state index is 0.0410. The molecule has 0 saturated carbocycles. The van der Waals surface area contributed by atoms with Crippen LogP contribution in [0, 0.1) is 0 Å². The Morgan fingerprint density at radius 1 is 1.11 bits per heavy atom. The average Bonchev–Trinajstić information content (AvgIpc) is 2.65. The Kier molecular flexibility index (Phi) is 7.39. The fourth-order valence-corrected chi connectivity index (χ4v) is 3.02. The van der Waals surface area contributed by atoms with Crippen LogP contribution in [0.15, 0.2) is 24.3 Å². The third-order valence-electron chi connectivity index (χ3n) is 4.99. The second-order valence-electron chi connectivity index (χ2n) is 8.27. The van der Waals surface area contributed by atoms with Gasteiger partial charge in [-0.05, 0) is 37.0 Å². The number of ether oxygens (including phenoxy) is 1. The first kappa shape index (κ1) is 21.4. The van der Waals surface area contributed by atoms with Crippen LogP contribution in [0.4, 0.5) is 0 Å². The quantitative estimate of drug-likeness (QED) is 0.797. The van der Waals surface area contributed by atoms with Gasteiger partial charge in [-0.3, -0.25) is 14.5 Å². The van der Waals surface area contributed by atoms with Crippen LogP contribution in [0.2, 0.25) is 0 Å². The Morgan fingerprint density at radius 2 is 1.70 bits per heavy atom. The summed E-state index contributed by atoms with van der Waals surface area (Å²) in [5.41, 5.74) is 1.77. The summed E-state index contributed by atoms with van der Waals surface area (Å²) in [4.78, 5) is 27.0. The van der Waals surface area contributed by atoms with Crippen molar-refractivity contribution in [1.29, 1.82) is 0 Å². The molecule has 1 aromatic rings. The zero-order chi connectivity index (χ0) is 20.0. The van der Waals surface area contributed by atoms with Gasteiger partial charge in [0.25, 0.3) is 5.91 Å². The third-order valence-corrected chi connectivity index (χ3v) is 4.99. The van der Waals surface area contributed by atoms with Crippen molar-refractivity contribution in [2.75, 3.05) is 32.8 Å². The van der Waals surface area contributed by atoms with Gasteiger partial charge in [-0.1, -0.05) is 32.9 Å². The number of hydrogen-bond donors (Lipinski definition) is 2. The second kappa shape index (κ2) is 9.33. The molecule has 6 heteroatoms. The predicted octanol–water partition coefficient (Wildman–Crippen LogP) is 1.94. The minimum atomic E-state index is -0.586. The molecule has 1 saturated heterocycles. The van der Waals surface area contributed by atoms with E-state index >= 15 is 0 Å². The summed E-state index contributed by atoms with van der Waals surface area (Å²) in [5, 5.41) is 5.70. The van der Waals surface area contributed by atoms with Gasteiger partial charge in [0.15, 0.2) is 0 Å². The highest BCUT2D eigenvalue weighted by Gasteiger charge is 2.21. The molecule has 0 bridgehead atoms. The molecule has 2 N–H and O–H groups in total. The molecule has 6 nitrogen and oxygen atoms in total. The van der Waals surface area contributed by atoms with E-state index in [1.54, 1.807) is 19.1 Å². The number of rotatable bonds is 6. The van der Waals surface area contributed by atoms with E-state index in [0.717, 1.165) is 26.3 Å². The first-order chi connectivity index (χ1) is 12.7. The van der Waals surface area contributed by atoms with E-state index in [0.29, 0.717) is 12.1 Å². The number of benzene rings is 1. The normalized spacial score (nSPS) is 17.8. The molecule has 2 atom stereocenters. The van der Waals surface area contributed by atoms with E-state index in [9.17, 15) is 9.59 Å². The molecule has 27 heavy (non-hydrogen) atoms. The van der Waals surface area contributed by atoms with Crippen LogP contribution >= 0.6 is 0 Å². The fourth-order valence-electron chi connectivity index (χ4n) is 3.02. The van der Waals surface area contributed by atoms with E-state index < -0.39 is 6.04 Å². The highest BCUT2D eigenvalue weighted by molar-refractivity contribution is 5.97. The second-order valence-corrected chi connectivity index (χ2v) is 8.27. The molecule has 0 radical (unpaired) electrons. The number of morpholine rings is 1. The lowest BCUT2D eigenvalue weighted by atomic mass is 9.86. The van der Waals surface area contributed by atoms with E-state index in [1.807, 2.05) is 12.1 Å². The predicted molar refractivity (Wildman–Crippen MR) is 107 cm³/mol. The van der Waals surface area contributed by atoms with Gasteiger partial charge >= 0.3 is 0 Å². The molecule has 0 spiro atoms. The Bertz CT molecular complexity index is 631. The summed E-state index contributed by atoms with van der Waals surface area (Å²) in [6, 6.07) is 7.19. The molecule has 2 unspecified atom stereocenters. The van der Waals surface area contributed by atoms with Crippen LogP contribution in [0.5, 0.6) is 0 Å². The van der Waals surface area contributed by atoms with E-state index in [-0.39, 0.29) is 23.3 Å². The van der Waals surface area contributed by atoms with E-state index in [2.05, 4.69) is 43.2 Å². The molecular formula is C21H33N3O3. The van der Waals surface area contributed by atoms with Crippen LogP contribution in [-0.2, 0) is 14.9 Å². The van der Waals surface area contributed by atoms with Crippen molar-refractivity contribution >= 4 is 11.8 Å². The zero-order valence-electron chi connectivity index (χ0n) is 17.2. The first-order valence-electron chi connectivity index (χ1n) is 9.69. The van der Waals surface area contributed by atoms with Crippen LogP contribution < -0.4 is 10.6 Å². The van der Waals surface area contributed by atoms with Crippen molar-refractivity contribution in [3.8, 4) is 0 Å². The van der Waals surface area contributed by atoms with Crippen molar-refractivity contribution in [2.45, 2.75) is 52.1 Å². The summed E-state index contributed by atoms with van der Waals surface area (Å²) >= 11 is 0. The lowest BCUT2D eigenvalue weighted by Gasteiger charge is -2.32. The van der Waals surface area contributed by atoms with Crippen molar-refractivity contribution in [3.05, 3.63) is 35.4 Å². The number of nitrogens with zero attached hydrogens (tertiary/aromatic N) is 1. The Labute approximate surface area is 162 Å². The summed E-state index contributed by atoms with van der Waals surface area (Å²) in [6.45, 7) is 14.0. The molecule has 2 amide bonds. The Hall–Kier alpha value is -1.92. The molecule has 1 aromatic carbocycles. The Morgan fingerprint density at radius 3 is 2.26 bits per heavy atom. The Balaban J connectivity index is 1.81. The standard InChI is InChI=1S/C21H33N3O3/c1-15(24-10-12-27-13-11-24)14-22-19(25)16(2)23-20(26)17-6-8-18(9-7-17)21(3,4)5/h6-9,15-16H,10-14H2,1-5H3,(H,22,25)(H,23,26). The summed E-state index contributed by atoms with van der Waals surface area (Å²) in [6.07, 6.45) is 0. The number of carbonyl (C=O) groups is 2. The molecule has 150 valence electrons. The SMILES string of the molecule is CC(NC(=O)c1ccc(C(C)(C)C)cc1)C(=O)NCC(C)N1CCOCC1. The summed E-state index contributed by atoms with van der Waals surface area (Å²) < 4.78 is 5.35. The molecule has 1 aliphatic rings. The summed E-state index contributed by atoms with van der Waals surface area (Å²) in [5.74, 6) is -0.408. The average molecular weight is 376 g/mol. The number of carbonyl (C=O) groups excluding carboxylic acids is 2. The van der Waals surface area contributed by atoms with E-state index in [1.165, 1.54) is 5.56 Å². The van der Waals surface area contributed by atoms with Crippen LogP contribution in [0.1, 0.15) is 50.5 Å². The van der Waals surface area contributed by atoms with Gasteiger partial charge in [0.2, 0.25) is 5.91 Å². The van der Waals surface area contributed by atoms with Gasteiger partial charge < -0.3 is 15.4 Å². The molecule has 1 heterocycles. The lowest BCUT2D eigenvalue weighted by molar-refractivity contribution is -0.122. The highest BCUT2D eigenvalue weighted by atomic mass is 16.5. The van der Waals surface area contributed by atoms with Crippen molar-refractivity contribution < 1.29 is 14.3 Å². The van der Waals surface area contributed by atoms with Crippen molar-refractivity contribution in [1.82, 2.24) is 15.5 Å². The molecule has 1 fully saturated rings. The van der Waals surface area contributed by atoms with Crippen LogP contribution in [-0.4, -0.2) is 61.6 Å². The maximum Gasteiger partial charge on any atom is 0.251 e. The maximum absolute atomic E-state index is 12.4. The molecule has 2 rings (SSSR count). The fraction of sp³-hybridized carbons (Fsp3) is 0.619. The van der Waals surface area contributed by atoms with Crippen LogP contribution in [0.3, 0.4) is 0 Å². The highest BCUT2D eigenvalue weighted by Crippen LogP contribution is 2.22. The van der Waals surface area contributed by atoms with Gasteiger partial charge in [0.1, 0.15) is 6.04 Å². The number of nitrogens with one attached hydrogen (secondary N) is 2. The van der Waals surface area contributed by atoms with E-state index in [4.69, 9.17) is 4.74 Å². The zero-order valence-corrected chi connectivity index (χ0v) is 17.2. The maximum atomic E-state index is 12.4. The van der Waals surface area contributed by atoms with Gasteiger partial charge in [-0.15, -0.1) is 0 Å². The summed E-state index contributed by atoms with van der Waals surface area (Å²) in [7, 11) is 0. The van der Waals surface area contributed by atoms with Crippen LogP contribution in [0.25, 0.3) is 0 Å². The third kappa shape index (κ3) is 6.33. The monoisotopic (exact) mass is 375 g/mol. The van der Waals surface area contributed by atoms with Crippen molar-refractivity contribution in [3.63, 3.8) is 0 Å². The number of hydrogen-bond acceptors (Lipinski definition) is 4. The van der Waals surface area contributed by atoms with Crippen molar-refractivity contribution in [2.24, 2.45) is 0 Å². The lowest BCUT2D eigenvalue weighted by Crippen LogP contribution is -2.50. The molecule has 0 aliphatic carbocycles. The minimum Gasteiger partial charge on any atom is -0.379 e. The molecule has 1 aliphatic heterocycles. The topological polar surface area (TPSA) is 70.7 Å². The molecule has 0 aromatic heterocycles. The smallest absolute Gasteiger partial charge is 0.251 e.